The Morgan fingerprint density at radius 2 is 2.09 bits per heavy atom. The summed E-state index contributed by atoms with van der Waals surface area (Å²) in [5.41, 5.74) is 10.1. The number of fused-ring (bicyclic) bond motifs is 1. The second-order valence-corrected chi connectivity index (χ2v) is 6.66. The van der Waals surface area contributed by atoms with Gasteiger partial charge in [-0.25, -0.2) is 4.98 Å². The molecule has 0 unspecified atom stereocenters. The van der Waals surface area contributed by atoms with E-state index >= 15 is 0 Å². The lowest BCUT2D eigenvalue weighted by Crippen LogP contribution is -2.06. The maximum atomic E-state index is 5.84. The number of hydrogen-bond donors (Lipinski definition) is 1. The Bertz CT molecular complexity index is 891. The topological polar surface area (TPSA) is 56.2 Å². The van der Waals surface area contributed by atoms with Crippen molar-refractivity contribution in [3.8, 4) is 22.0 Å². The molecule has 0 radical (unpaired) electrons. The van der Waals surface area contributed by atoms with E-state index in [-0.39, 0.29) is 0 Å². The predicted molar refractivity (Wildman–Crippen MR) is 92.4 cm³/mol. The van der Waals surface area contributed by atoms with Gasteiger partial charge in [0.25, 0.3) is 0 Å². The second-order valence-electron chi connectivity index (χ2n) is 4.88. The largest absolute Gasteiger partial charge is 0.330 e. The van der Waals surface area contributed by atoms with Crippen LogP contribution in [-0.2, 0) is 6.42 Å². The van der Waals surface area contributed by atoms with Crippen LogP contribution in [0.25, 0.3) is 26.9 Å². The van der Waals surface area contributed by atoms with Crippen molar-refractivity contribution in [1.82, 2.24) is 14.4 Å². The predicted octanol–water partition coefficient (Wildman–Crippen LogP) is 3.69. The number of hydrogen-bond acceptors (Lipinski definition) is 5. The molecule has 0 spiro atoms. The van der Waals surface area contributed by atoms with Gasteiger partial charge < -0.3 is 5.73 Å². The maximum absolute atomic E-state index is 5.84. The zero-order chi connectivity index (χ0) is 14.9. The van der Waals surface area contributed by atoms with Gasteiger partial charge in [-0.15, -0.1) is 22.7 Å². The number of imidazole rings is 1. The Hall–Kier alpha value is -2.02. The minimum atomic E-state index is 0.601. The molecule has 4 nitrogen and oxygen atoms in total. The Morgan fingerprint density at radius 3 is 2.82 bits per heavy atom. The quantitative estimate of drug-likeness (QED) is 0.622. The smallest absolute Gasteiger partial charge is 0.195 e. The Labute approximate surface area is 135 Å². The summed E-state index contributed by atoms with van der Waals surface area (Å²) in [6, 6.07) is 10.1. The molecule has 0 aliphatic rings. The molecule has 4 rings (SSSR count). The molecule has 0 saturated heterocycles. The molecule has 0 amide bonds. The van der Waals surface area contributed by atoms with E-state index in [4.69, 9.17) is 10.7 Å². The average molecular weight is 326 g/mol. The summed E-state index contributed by atoms with van der Waals surface area (Å²) in [5, 5.41) is 4.19. The van der Waals surface area contributed by atoms with E-state index in [1.807, 2.05) is 24.4 Å². The van der Waals surface area contributed by atoms with Gasteiger partial charge in [-0.1, -0.05) is 12.1 Å². The van der Waals surface area contributed by atoms with E-state index in [2.05, 4.69) is 32.3 Å². The average Bonchev–Trinajstić information content (AvgIpc) is 3.25. The van der Waals surface area contributed by atoms with Gasteiger partial charge in [-0.2, -0.15) is 0 Å². The lowest BCUT2D eigenvalue weighted by atomic mass is 10.2. The van der Waals surface area contributed by atoms with Gasteiger partial charge >= 0.3 is 0 Å². The molecule has 4 aromatic heterocycles. The number of pyridine rings is 1. The number of thiophene rings is 1. The number of aromatic nitrogens is 3. The summed E-state index contributed by atoms with van der Waals surface area (Å²) in [6.07, 6.45) is 2.61. The van der Waals surface area contributed by atoms with Crippen molar-refractivity contribution < 1.29 is 0 Å². The second kappa shape index (κ2) is 5.64. The normalized spacial score (nSPS) is 11.3. The van der Waals surface area contributed by atoms with Crippen molar-refractivity contribution in [1.29, 1.82) is 0 Å². The first-order chi connectivity index (χ1) is 10.9. The van der Waals surface area contributed by atoms with Crippen LogP contribution in [0, 0.1) is 0 Å². The number of nitrogens with two attached hydrogens (primary N) is 1. The molecule has 0 aromatic carbocycles. The zero-order valence-electron chi connectivity index (χ0n) is 11.8. The number of thiazole rings is 1. The Morgan fingerprint density at radius 1 is 1.14 bits per heavy atom. The first-order valence-corrected chi connectivity index (χ1v) is 8.78. The zero-order valence-corrected chi connectivity index (χ0v) is 13.4. The van der Waals surface area contributed by atoms with Crippen molar-refractivity contribution in [2.24, 2.45) is 5.73 Å². The molecule has 0 aliphatic carbocycles. The fraction of sp³-hybridized carbons (Fsp3) is 0.125. The first kappa shape index (κ1) is 13.6. The molecular formula is C16H14N4S2. The highest BCUT2D eigenvalue weighted by atomic mass is 32.1. The van der Waals surface area contributed by atoms with Crippen LogP contribution in [-0.4, -0.2) is 20.9 Å². The molecule has 0 saturated carbocycles. The van der Waals surface area contributed by atoms with Crippen molar-refractivity contribution in [2.75, 3.05) is 6.54 Å². The molecule has 0 atom stereocenters. The summed E-state index contributed by atoms with van der Waals surface area (Å²) in [7, 11) is 0. The van der Waals surface area contributed by atoms with Crippen LogP contribution in [0.15, 0.2) is 47.3 Å². The molecule has 4 aromatic rings. The van der Waals surface area contributed by atoms with Gasteiger partial charge in [0.15, 0.2) is 4.96 Å². The SMILES string of the molecule is NCCc1c(-c2cccs2)nc2scc(-c3ccccn3)n12. The third kappa shape index (κ3) is 2.16. The van der Waals surface area contributed by atoms with Crippen LogP contribution in [0.1, 0.15) is 5.69 Å². The highest BCUT2D eigenvalue weighted by Crippen LogP contribution is 2.34. The van der Waals surface area contributed by atoms with Crippen LogP contribution in [0.2, 0.25) is 0 Å². The summed E-state index contributed by atoms with van der Waals surface area (Å²) < 4.78 is 2.20. The van der Waals surface area contributed by atoms with Crippen LogP contribution < -0.4 is 5.73 Å². The molecule has 110 valence electrons. The van der Waals surface area contributed by atoms with Gasteiger partial charge in [0.05, 0.1) is 22.0 Å². The van der Waals surface area contributed by atoms with Gasteiger partial charge in [-0.3, -0.25) is 9.38 Å². The third-order valence-corrected chi connectivity index (χ3v) is 5.22. The van der Waals surface area contributed by atoms with Gasteiger partial charge in [0.2, 0.25) is 0 Å². The van der Waals surface area contributed by atoms with Crippen molar-refractivity contribution in [3.05, 3.63) is 53.0 Å². The highest BCUT2D eigenvalue weighted by Gasteiger charge is 2.19. The van der Waals surface area contributed by atoms with Gasteiger partial charge in [0, 0.05) is 18.0 Å². The van der Waals surface area contributed by atoms with Gasteiger partial charge in [0.1, 0.15) is 5.69 Å². The van der Waals surface area contributed by atoms with E-state index in [0.717, 1.165) is 28.5 Å². The number of nitrogens with zero attached hydrogens (tertiary/aromatic N) is 3. The Kier molecular flexibility index (Phi) is 3.49. The molecule has 22 heavy (non-hydrogen) atoms. The van der Waals surface area contributed by atoms with Gasteiger partial charge in [-0.05, 0) is 30.1 Å². The third-order valence-electron chi connectivity index (χ3n) is 3.52. The fourth-order valence-corrected chi connectivity index (χ4v) is 4.22. The minimum Gasteiger partial charge on any atom is -0.330 e. The van der Waals surface area contributed by atoms with Crippen LogP contribution in [0.5, 0.6) is 0 Å². The Balaban J connectivity index is 1.97. The molecule has 4 heterocycles. The summed E-state index contributed by atoms with van der Waals surface area (Å²) in [4.78, 5) is 11.5. The minimum absolute atomic E-state index is 0.601. The van der Waals surface area contributed by atoms with Crippen molar-refractivity contribution in [3.63, 3.8) is 0 Å². The van der Waals surface area contributed by atoms with Crippen molar-refractivity contribution in [2.45, 2.75) is 6.42 Å². The molecular weight excluding hydrogens is 312 g/mol. The fourth-order valence-electron chi connectivity index (χ4n) is 2.59. The lowest BCUT2D eigenvalue weighted by molar-refractivity contribution is 0.913. The highest BCUT2D eigenvalue weighted by molar-refractivity contribution is 7.15. The van der Waals surface area contributed by atoms with E-state index in [1.165, 1.54) is 10.6 Å². The van der Waals surface area contributed by atoms with Crippen LogP contribution in [0.3, 0.4) is 0 Å². The number of rotatable bonds is 4. The summed E-state index contributed by atoms with van der Waals surface area (Å²) >= 11 is 3.35. The van der Waals surface area contributed by atoms with E-state index < -0.39 is 0 Å². The van der Waals surface area contributed by atoms with E-state index in [1.54, 1.807) is 22.7 Å². The molecule has 2 N–H and O–H groups in total. The van der Waals surface area contributed by atoms with Crippen LogP contribution >= 0.6 is 22.7 Å². The first-order valence-electron chi connectivity index (χ1n) is 7.02. The monoisotopic (exact) mass is 326 g/mol. The molecule has 0 aliphatic heterocycles. The molecule has 6 heteroatoms. The molecule has 0 fully saturated rings. The van der Waals surface area contributed by atoms with E-state index in [0.29, 0.717) is 6.54 Å². The van der Waals surface area contributed by atoms with Crippen molar-refractivity contribution >= 4 is 27.6 Å². The molecule has 0 bridgehead atoms. The summed E-state index contributed by atoms with van der Waals surface area (Å²) in [6.45, 7) is 0.601. The lowest BCUT2D eigenvalue weighted by Gasteiger charge is -2.05. The maximum Gasteiger partial charge on any atom is 0.195 e. The summed E-state index contributed by atoms with van der Waals surface area (Å²) in [5.74, 6) is 0. The standard InChI is InChI=1S/C16H14N4S2/c17-7-6-12-15(14-5-3-9-21-14)19-16-20(12)13(10-22-16)11-4-1-2-8-18-11/h1-5,8-10H,6-7,17H2. The van der Waals surface area contributed by atoms with Crippen LogP contribution in [0.4, 0.5) is 0 Å². The van der Waals surface area contributed by atoms with E-state index in [9.17, 15) is 0 Å².